The molecular formula is C12H24N2O. The van der Waals surface area contributed by atoms with Crippen LogP contribution in [-0.4, -0.2) is 49.3 Å². The molecule has 0 aromatic carbocycles. The van der Waals surface area contributed by atoms with E-state index in [1.165, 1.54) is 32.4 Å². The number of piperidine rings is 1. The standard InChI is InChI=1S/C12H24N2O/c1-10(2)14-6-3-11(4-7-14)13-12-5-8-15-9-12/h10-13H,3-9H2,1-2H3/t12-/m1/s1. The summed E-state index contributed by atoms with van der Waals surface area (Å²) in [6, 6.07) is 2.06. The van der Waals surface area contributed by atoms with Crippen LogP contribution in [0.1, 0.15) is 33.1 Å². The predicted octanol–water partition coefficient (Wildman–Crippen LogP) is 1.24. The Bertz CT molecular complexity index is 182. The Morgan fingerprint density at radius 3 is 2.40 bits per heavy atom. The Hall–Kier alpha value is -0.120. The molecule has 2 heterocycles. The van der Waals surface area contributed by atoms with Gasteiger partial charge in [-0.3, -0.25) is 0 Å². The third kappa shape index (κ3) is 3.16. The summed E-state index contributed by atoms with van der Waals surface area (Å²) in [5.41, 5.74) is 0. The van der Waals surface area contributed by atoms with E-state index < -0.39 is 0 Å². The maximum absolute atomic E-state index is 5.39. The second kappa shape index (κ2) is 5.28. The van der Waals surface area contributed by atoms with Gasteiger partial charge < -0.3 is 15.0 Å². The molecule has 0 unspecified atom stereocenters. The summed E-state index contributed by atoms with van der Waals surface area (Å²) in [4.78, 5) is 2.57. The number of hydrogen-bond acceptors (Lipinski definition) is 3. The first-order valence-electron chi connectivity index (χ1n) is 6.33. The van der Waals surface area contributed by atoms with Crippen molar-refractivity contribution in [3.05, 3.63) is 0 Å². The van der Waals surface area contributed by atoms with E-state index in [4.69, 9.17) is 4.74 Å². The van der Waals surface area contributed by atoms with Crippen molar-refractivity contribution in [2.45, 2.75) is 51.2 Å². The lowest BCUT2D eigenvalue weighted by Gasteiger charge is -2.35. The minimum Gasteiger partial charge on any atom is -0.380 e. The van der Waals surface area contributed by atoms with Crippen LogP contribution in [-0.2, 0) is 4.74 Å². The molecular weight excluding hydrogens is 188 g/mol. The SMILES string of the molecule is CC(C)N1CCC(N[C@@H]2CCOC2)CC1. The quantitative estimate of drug-likeness (QED) is 0.762. The van der Waals surface area contributed by atoms with Crippen LogP contribution >= 0.6 is 0 Å². The fourth-order valence-electron chi connectivity index (χ4n) is 2.58. The van der Waals surface area contributed by atoms with Gasteiger partial charge in [-0.1, -0.05) is 0 Å². The van der Waals surface area contributed by atoms with E-state index in [9.17, 15) is 0 Å². The maximum Gasteiger partial charge on any atom is 0.0620 e. The zero-order chi connectivity index (χ0) is 10.7. The summed E-state index contributed by atoms with van der Waals surface area (Å²) in [5.74, 6) is 0. The normalized spacial score (nSPS) is 30.2. The molecule has 3 nitrogen and oxygen atoms in total. The molecule has 0 radical (unpaired) electrons. The Morgan fingerprint density at radius 1 is 1.13 bits per heavy atom. The van der Waals surface area contributed by atoms with E-state index >= 15 is 0 Å². The van der Waals surface area contributed by atoms with Gasteiger partial charge in [-0.25, -0.2) is 0 Å². The zero-order valence-electron chi connectivity index (χ0n) is 10.0. The van der Waals surface area contributed by atoms with Crippen molar-refractivity contribution in [2.24, 2.45) is 0 Å². The largest absolute Gasteiger partial charge is 0.380 e. The van der Waals surface area contributed by atoms with Gasteiger partial charge in [-0.15, -0.1) is 0 Å². The molecule has 2 aliphatic rings. The first kappa shape index (κ1) is 11.4. The number of ether oxygens (including phenoxy) is 1. The van der Waals surface area contributed by atoms with Gasteiger partial charge in [-0.2, -0.15) is 0 Å². The molecule has 15 heavy (non-hydrogen) atoms. The topological polar surface area (TPSA) is 24.5 Å². The fraction of sp³-hybridized carbons (Fsp3) is 1.00. The highest BCUT2D eigenvalue weighted by Gasteiger charge is 2.24. The average Bonchev–Trinajstić information content (AvgIpc) is 2.71. The molecule has 0 spiro atoms. The highest BCUT2D eigenvalue weighted by Crippen LogP contribution is 2.15. The molecule has 2 rings (SSSR count). The van der Waals surface area contributed by atoms with Gasteiger partial charge in [0.15, 0.2) is 0 Å². The summed E-state index contributed by atoms with van der Waals surface area (Å²) in [7, 11) is 0. The number of rotatable bonds is 3. The molecule has 2 fully saturated rings. The summed E-state index contributed by atoms with van der Waals surface area (Å²) in [6.45, 7) is 8.95. The summed E-state index contributed by atoms with van der Waals surface area (Å²) < 4.78 is 5.39. The third-order valence-corrected chi connectivity index (χ3v) is 3.66. The van der Waals surface area contributed by atoms with E-state index in [1.807, 2.05) is 0 Å². The number of likely N-dealkylation sites (tertiary alicyclic amines) is 1. The van der Waals surface area contributed by atoms with Crippen LogP contribution in [0.4, 0.5) is 0 Å². The van der Waals surface area contributed by atoms with Crippen molar-refractivity contribution in [3.8, 4) is 0 Å². The minimum atomic E-state index is 0.626. The lowest BCUT2D eigenvalue weighted by atomic mass is 10.0. The summed E-state index contributed by atoms with van der Waals surface area (Å²) in [6.07, 6.45) is 3.80. The molecule has 0 aromatic heterocycles. The molecule has 88 valence electrons. The Labute approximate surface area is 93.2 Å². The molecule has 1 N–H and O–H groups in total. The van der Waals surface area contributed by atoms with Gasteiger partial charge in [0.25, 0.3) is 0 Å². The van der Waals surface area contributed by atoms with E-state index in [0.717, 1.165) is 19.3 Å². The van der Waals surface area contributed by atoms with Crippen molar-refractivity contribution in [1.29, 1.82) is 0 Å². The number of nitrogens with one attached hydrogen (secondary N) is 1. The van der Waals surface area contributed by atoms with Gasteiger partial charge in [0, 0.05) is 24.7 Å². The van der Waals surface area contributed by atoms with Crippen LogP contribution in [0.15, 0.2) is 0 Å². The fourth-order valence-corrected chi connectivity index (χ4v) is 2.58. The van der Waals surface area contributed by atoms with Gasteiger partial charge in [0.05, 0.1) is 6.61 Å². The van der Waals surface area contributed by atoms with Gasteiger partial charge >= 0.3 is 0 Å². The minimum absolute atomic E-state index is 0.626. The van der Waals surface area contributed by atoms with E-state index in [1.54, 1.807) is 0 Å². The second-order valence-corrected chi connectivity index (χ2v) is 5.13. The summed E-state index contributed by atoms with van der Waals surface area (Å²) in [5, 5.41) is 3.73. The van der Waals surface area contributed by atoms with E-state index in [2.05, 4.69) is 24.1 Å². The first-order chi connectivity index (χ1) is 7.25. The molecule has 0 saturated carbocycles. The second-order valence-electron chi connectivity index (χ2n) is 5.13. The molecule has 0 aromatic rings. The highest BCUT2D eigenvalue weighted by atomic mass is 16.5. The Kier molecular flexibility index (Phi) is 4.00. The van der Waals surface area contributed by atoms with Crippen molar-refractivity contribution in [3.63, 3.8) is 0 Å². The molecule has 0 bridgehead atoms. The monoisotopic (exact) mass is 212 g/mol. The molecule has 2 saturated heterocycles. The van der Waals surface area contributed by atoms with Crippen LogP contribution in [0.2, 0.25) is 0 Å². The molecule has 3 heteroatoms. The summed E-state index contributed by atoms with van der Waals surface area (Å²) >= 11 is 0. The van der Waals surface area contributed by atoms with Crippen LogP contribution in [0.25, 0.3) is 0 Å². The van der Waals surface area contributed by atoms with Gasteiger partial charge in [0.1, 0.15) is 0 Å². The van der Waals surface area contributed by atoms with Crippen LogP contribution < -0.4 is 5.32 Å². The van der Waals surface area contributed by atoms with E-state index in [0.29, 0.717) is 12.1 Å². The van der Waals surface area contributed by atoms with Crippen molar-refractivity contribution >= 4 is 0 Å². The van der Waals surface area contributed by atoms with Crippen LogP contribution in [0.3, 0.4) is 0 Å². The maximum atomic E-state index is 5.39. The van der Waals surface area contributed by atoms with E-state index in [-0.39, 0.29) is 0 Å². The molecule has 1 atom stereocenters. The lowest BCUT2D eigenvalue weighted by Crippen LogP contribution is -2.48. The van der Waals surface area contributed by atoms with Crippen molar-refractivity contribution in [2.75, 3.05) is 26.3 Å². The van der Waals surface area contributed by atoms with Crippen LogP contribution in [0.5, 0.6) is 0 Å². The first-order valence-corrected chi connectivity index (χ1v) is 6.33. The third-order valence-electron chi connectivity index (χ3n) is 3.66. The van der Waals surface area contributed by atoms with Crippen molar-refractivity contribution < 1.29 is 4.74 Å². The van der Waals surface area contributed by atoms with Crippen LogP contribution in [0, 0.1) is 0 Å². The molecule has 0 aliphatic carbocycles. The smallest absolute Gasteiger partial charge is 0.0620 e. The Morgan fingerprint density at radius 2 is 1.87 bits per heavy atom. The molecule has 2 aliphatic heterocycles. The predicted molar refractivity (Wildman–Crippen MR) is 62.1 cm³/mol. The lowest BCUT2D eigenvalue weighted by molar-refractivity contribution is 0.150. The number of hydrogen-bond donors (Lipinski definition) is 1. The zero-order valence-corrected chi connectivity index (χ0v) is 10.0. The van der Waals surface area contributed by atoms with Crippen molar-refractivity contribution in [1.82, 2.24) is 10.2 Å². The highest BCUT2D eigenvalue weighted by molar-refractivity contribution is 4.83. The Balaban J connectivity index is 1.68. The molecule has 0 amide bonds. The average molecular weight is 212 g/mol. The van der Waals surface area contributed by atoms with Gasteiger partial charge in [0.2, 0.25) is 0 Å². The van der Waals surface area contributed by atoms with Gasteiger partial charge in [-0.05, 0) is 46.2 Å². The number of nitrogens with zero attached hydrogens (tertiary/aromatic N) is 1.